The van der Waals surface area contributed by atoms with E-state index in [4.69, 9.17) is 5.53 Å². The molecule has 2 N–H and O–H groups in total. The van der Waals surface area contributed by atoms with Crippen LogP contribution in [-0.4, -0.2) is 4.98 Å². The van der Waals surface area contributed by atoms with Gasteiger partial charge in [-0.05, 0) is 6.07 Å². The maximum absolute atomic E-state index is 7.09. The summed E-state index contributed by atoms with van der Waals surface area (Å²) < 4.78 is 1.87. The lowest BCUT2D eigenvalue weighted by atomic mass is 10.2. The van der Waals surface area contributed by atoms with Crippen LogP contribution in [0, 0.1) is 5.53 Å². The van der Waals surface area contributed by atoms with Crippen LogP contribution in [-0.2, 0) is 0 Å². The average Bonchev–Trinajstić information content (AvgIpc) is 2.94. The van der Waals surface area contributed by atoms with E-state index in [0.29, 0.717) is 5.13 Å². The Morgan fingerprint density at radius 2 is 2.19 bits per heavy atom. The zero-order valence-electron chi connectivity index (χ0n) is 8.34. The van der Waals surface area contributed by atoms with Crippen molar-refractivity contribution in [2.75, 3.05) is 0 Å². The lowest BCUT2D eigenvalue weighted by Gasteiger charge is -1.89. The first-order valence-corrected chi connectivity index (χ1v) is 5.71. The van der Waals surface area contributed by atoms with Gasteiger partial charge in [0, 0.05) is 21.9 Å². The van der Waals surface area contributed by atoms with Crippen molar-refractivity contribution in [2.24, 2.45) is 5.11 Å². The third-order valence-corrected chi connectivity index (χ3v) is 3.22. The van der Waals surface area contributed by atoms with Gasteiger partial charge in [0.25, 0.3) is 0 Å². The molecule has 4 nitrogen and oxygen atoms in total. The van der Waals surface area contributed by atoms with Crippen LogP contribution in [0.2, 0.25) is 0 Å². The largest absolute Gasteiger partial charge is 0.349 e. The highest BCUT2D eigenvalue weighted by Gasteiger charge is 2.13. The Morgan fingerprint density at radius 1 is 1.31 bits per heavy atom. The van der Waals surface area contributed by atoms with Crippen molar-refractivity contribution in [3.63, 3.8) is 0 Å². The Labute approximate surface area is 95.7 Å². The van der Waals surface area contributed by atoms with Crippen LogP contribution in [0.5, 0.6) is 0 Å². The highest BCUT2D eigenvalue weighted by molar-refractivity contribution is 7.12. The maximum atomic E-state index is 7.09. The van der Waals surface area contributed by atoms with Crippen molar-refractivity contribution in [1.82, 2.24) is 4.98 Å². The van der Waals surface area contributed by atoms with Gasteiger partial charge in [0.15, 0.2) is 0 Å². The van der Waals surface area contributed by atoms with Gasteiger partial charge >= 0.3 is 5.13 Å². The SMILES string of the molecule is N=Nc1scc[n+]1-c1cc2ccccc2[nH]1. The second-order valence-electron chi connectivity index (χ2n) is 3.41. The fraction of sp³-hybridized carbons (Fsp3) is 0. The van der Waals surface area contributed by atoms with Crippen LogP contribution in [0.3, 0.4) is 0 Å². The lowest BCUT2D eigenvalue weighted by Crippen LogP contribution is -2.27. The molecule has 0 radical (unpaired) electrons. The predicted molar refractivity (Wildman–Crippen MR) is 62.5 cm³/mol. The maximum Gasteiger partial charge on any atom is 0.349 e. The topological polar surface area (TPSA) is 55.9 Å². The van der Waals surface area contributed by atoms with Crippen molar-refractivity contribution in [3.05, 3.63) is 41.9 Å². The highest BCUT2D eigenvalue weighted by Crippen LogP contribution is 2.19. The van der Waals surface area contributed by atoms with Crippen LogP contribution in [0.15, 0.2) is 47.0 Å². The number of nitrogens with zero attached hydrogens (tertiary/aromatic N) is 2. The Kier molecular flexibility index (Phi) is 2.04. The average molecular weight is 229 g/mol. The monoisotopic (exact) mass is 229 g/mol. The molecule has 0 amide bonds. The predicted octanol–water partition coefficient (Wildman–Crippen LogP) is 3.17. The fourth-order valence-corrected chi connectivity index (χ4v) is 2.35. The molecule has 0 aliphatic carbocycles. The number of hydrogen-bond acceptors (Lipinski definition) is 3. The van der Waals surface area contributed by atoms with Gasteiger partial charge in [-0.25, -0.2) is 0 Å². The van der Waals surface area contributed by atoms with Gasteiger partial charge in [-0.2, -0.15) is 4.57 Å². The van der Waals surface area contributed by atoms with Crippen LogP contribution in [0.1, 0.15) is 0 Å². The number of para-hydroxylation sites is 1. The van der Waals surface area contributed by atoms with E-state index in [-0.39, 0.29) is 0 Å². The van der Waals surface area contributed by atoms with E-state index >= 15 is 0 Å². The molecule has 0 bridgehead atoms. The van der Waals surface area contributed by atoms with Crippen molar-refractivity contribution < 1.29 is 4.57 Å². The van der Waals surface area contributed by atoms with E-state index in [9.17, 15) is 0 Å². The third kappa shape index (κ3) is 1.33. The Bertz CT molecular complexity index is 620. The van der Waals surface area contributed by atoms with E-state index in [1.54, 1.807) is 0 Å². The minimum atomic E-state index is 0.659. The second kappa shape index (κ2) is 3.53. The molecular weight excluding hydrogens is 220 g/mol. The Balaban J connectivity index is 2.22. The van der Waals surface area contributed by atoms with Gasteiger partial charge in [0.1, 0.15) is 5.52 Å². The minimum Gasteiger partial charge on any atom is -0.272 e. The highest BCUT2D eigenvalue weighted by atomic mass is 32.1. The van der Waals surface area contributed by atoms with Crippen molar-refractivity contribution in [3.8, 4) is 5.82 Å². The molecule has 78 valence electrons. The summed E-state index contributed by atoms with van der Waals surface area (Å²) in [5, 5.41) is 7.22. The molecule has 16 heavy (non-hydrogen) atoms. The zero-order valence-corrected chi connectivity index (χ0v) is 9.16. The van der Waals surface area contributed by atoms with Crippen molar-refractivity contribution in [2.45, 2.75) is 0 Å². The summed E-state index contributed by atoms with van der Waals surface area (Å²) in [7, 11) is 0. The quantitative estimate of drug-likeness (QED) is 0.501. The third-order valence-electron chi connectivity index (χ3n) is 2.46. The molecule has 0 atom stereocenters. The molecule has 0 saturated carbocycles. The number of thiazole rings is 1. The molecule has 0 aliphatic rings. The summed E-state index contributed by atoms with van der Waals surface area (Å²) in [6.07, 6.45) is 1.91. The van der Waals surface area contributed by atoms with E-state index in [2.05, 4.69) is 22.2 Å². The van der Waals surface area contributed by atoms with E-state index in [1.165, 1.54) is 11.3 Å². The van der Waals surface area contributed by atoms with Crippen molar-refractivity contribution >= 4 is 27.4 Å². The van der Waals surface area contributed by atoms with Crippen molar-refractivity contribution in [1.29, 1.82) is 5.53 Å². The van der Waals surface area contributed by atoms with Gasteiger partial charge in [-0.15, -0.1) is 5.53 Å². The molecule has 0 unspecified atom stereocenters. The molecule has 5 heteroatoms. The number of hydrogen-bond donors (Lipinski definition) is 2. The lowest BCUT2D eigenvalue weighted by molar-refractivity contribution is -0.580. The zero-order chi connectivity index (χ0) is 11.0. The number of H-pyrrole nitrogens is 1. The van der Waals surface area contributed by atoms with Gasteiger partial charge in [0.2, 0.25) is 5.82 Å². The molecule has 0 fully saturated rings. The first-order chi connectivity index (χ1) is 7.88. The number of aromatic amines is 1. The second-order valence-corrected chi connectivity index (χ2v) is 4.28. The molecule has 1 aromatic carbocycles. The summed E-state index contributed by atoms with van der Waals surface area (Å²) in [6, 6.07) is 10.1. The van der Waals surface area contributed by atoms with E-state index < -0.39 is 0 Å². The summed E-state index contributed by atoms with van der Waals surface area (Å²) in [4.78, 5) is 3.30. The normalized spacial score (nSPS) is 10.8. The van der Waals surface area contributed by atoms with Crippen LogP contribution in [0.25, 0.3) is 16.7 Å². The summed E-state index contributed by atoms with van der Waals surface area (Å²) in [6.45, 7) is 0. The number of fused-ring (bicyclic) bond motifs is 1. The number of nitrogens with one attached hydrogen (secondary N) is 2. The first kappa shape index (κ1) is 9.23. The smallest absolute Gasteiger partial charge is 0.272 e. The Hall–Kier alpha value is -2.01. The first-order valence-electron chi connectivity index (χ1n) is 4.83. The number of benzene rings is 1. The standard InChI is InChI=1S/C11H9N4S/c12-14-11-15(5-6-16-11)10-7-8-3-1-2-4-9(8)13-10/h1-7,12-13H/q+1. The van der Waals surface area contributed by atoms with E-state index in [0.717, 1.165) is 16.7 Å². The fourth-order valence-electron chi connectivity index (χ4n) is 1.72. The van der Waals surface area contributed by atoms with Crippen LogP contribution in [0.4, 0.5) is 5.13 Å². The molecule has 0 aliphatic heterocycles. The minimum absolute atomic E-state index is 0.659. The summed E-state index contributed by atoms with van der Waals surface area (Å²) >= 11 is 1.44. The molecule has 0 spiro atoms. The summed E-state index contributed by atoms with van der Waals surface area (Å²) in [5.74, 6) is 0.938. The molecule has 2 aromatic heterocycles. The van der Waals surface area contributed by atoms with Crippen LogP contribution < -0.4 is 4.57 Å². The molecule has 2 heterocycles. The van der Waals surface area contributed by atoms with Gasteiger partial charge in [-0.1, -0.05) is 29.5 Å². The van der Waals surface area contributed by atoms with E-state index in [1.807, 2.05) is 34.3 Å². The molecule has 0 saturated heterocycles. The molecule has 3 rings (SSSR count). The number of rotatable bonds is 2. The Morgan fingerprint density at radius 3 is 3.00 bits per heavy atom. The van der Waals surface area contributed by atoms with Gasteiger partial charge in [0.05, 0.1) is 6.20 Å². The van der Waals surface area contributed by atoms with Gasteiger partial charge in [-0.3, -0.25) is 4.98 Å². The molecular formula is C11H9N4S+. The van der Waals surface area contributed by atoms with Gasteiger partial charge < -0.3 is 0 Å². The van der Waals surface area contributed by atoms with Crippen LogP contribution >= 0.6 is 11.3 Å². The summed E-state index contributed by atoms with van der Waals surface area (Å²) in [5.41, 5.74) is 8.18. The number of aromatic nitrogens is 2. The molecule has 3 aromatic rings.